The van der Waals surface area contributed by atoms with Crippen LogP contribution in [0.15, 0.2) is 53.3 Å². The summed E-state index contributed by atoms with van der Waals surface area (Å²) in [6.07, 6.45) is 3.81. The summed E-state index contributed by atoms with van der Waals surface area (Å²) in [5, 5.41) is 2.89. The number of oxazole rings is 1. The quantitative estimate of drug-likeness (QED) is 0.372. The summed E-state index contributed by atoms with van der Waals surface area (Å²) >= 11 is 0. The van der Waals surface area contributed by atoms with E-state index in [-0.39, 0.29) is 11.6 Å². The van der Waals surface area contributed by atoms with E-state index in [0.717, 1.165) is 50.7 Å². The lowest BCUT2D eigenvalue weighted by molar-refractivity contribution is 0.0320. The fraction of sp³-hybridized carbons (Fsp3) is 0.444. The maximum atomic E-state index is 12.6. The van der Waals surface area contributed by atoms with Crippen LogP contribution in [0.2, 0.25) is 0 Å². The molecule has 1 aromatic carbocycles. The van der Waals surface area contributed by atoms with E-state index in [4.69, 9.17) is 18.6 Å². The van der Waals surface area contributed by atoms with Crippen molar-refractivity contribution in [1.82, 2.24) is 25.1 Å². The molecule has 1 N–H and O–H groups in total. The van der Waals surface area contributed by atoms with Gasteiger partial charge in [0.05, 0.1) is 34.0 Å². The van der Waals surface area contributed by atoms with Crippen LogP contribution in [0.25, 0.3) is 0 Å². The van der Waals surface area contributed by atoms with Gasteiger partial charge in [-0.15, -0.1) is 0 Å². The number of nitrogens with zero attached hydrogens (tertiary/aromatic N) is 4. The van der Waals surface area contributed by atoms with Crippen LogP contribution < -0.4 is 14.8 Å². The molecule has 0 bridgehead atoms. The van der Waals surface area contributed by atoms with Crippen LogP contribution in [0.1, 0.15) is 27.6 Å². The van der Waals surface area contributed by atoms with E-state index >= 15 is 0 Å². The Hall–Kier alpha value is -3.47. The number of aromatic nitrogens is 2. The van der Waals surface area contributed by atoms with Crippen LogP contribution in [0.3, 0.4) is 0 Å². The molecular formula is C27H35N5O5. The molecule has 1 saturated heterocycles. The Bertz CT molecular complexity index is 1120. The van der Waals surface area contributed by atoms with Crippen molar-refractivity contribution in [2.24, 2.45) is 0 Å². The Morgan fingerprint density at radius 2 is 1.97 bits per heavy atom. The number of rotatable bonds is 13. The van der Waals surface area contributed by atoms with Gasteiger partial charge in [0, 0.05) is 63.1 Å². The van der Waals surface area contributed by atoms with Crippen LogP contribution in [0.4, 0.5) is 0 Å². The van der Waals surface area contributed by atoms with Gasteiger partial charge in [0.15, 0.2) is 17.2 Å². The molecule has 10 heteroatoms. The first-order chi connectivity index (χ1) is 18.2. The number of hydrogen-bond acceptors (Lipinski definition) is 9. The van der Waals surface area contributed by atoms with E-state index in [1.807, 2.05) is 36.4 Å². The molecule has 4 rings (SSSR count). The number of carbonyl (C=O) groups excluding carboxylic acids is 1. The van der Waals surface area contributed by atoms with Gasteiger partial charge in [-0.1, -0.05) is 18.2 Å². The summed E-state index contributed by atoms with van der Waals surface area (Å²) in [6.45, 7) is 6.54. The lowest BCUT2D eigenvalue weighted by atomic mass is 10.1. The molecule has 3 aromatic rings. The molecule has 0 saturated carbocycles. The highest BCUT2D eigenvalue weighted by Crippen LogP contribution is 2.31. The number of morpholine rings is 1. The molecule has 2 aromatic heterocycles. The van der Waals surface area contributed by atoms with Crippen molar-refractivity contribution in [2.45, 2.75) is 19.5 Å². The average Bonchev–Trinajstić information content (AvgIpc) is 3.41. The van der Waals surface area contributed by atoms with Crippen LogP contribution >= 0.6 is 0 Å². The van der Waals surface area contributed by atoms with Crippen molar-refractivity contribution in [3.8, 4) is 11.5 Å². The van der Waals surface area contributed by atoms with Crippen LogP contribution in [-0.2, 0) is 24.2 Å². The largest absolute Gasteiger partial charge is 0.493 e. The maximum Gasteiger partial charge on any atom is 0.273 e. The molecule has 37 heavy (non-hydrogen) atoms. The summed E-state index contributed by atoms with van der Waals surface area (Å²) in [7, 11) is 3.28. The van der Waals surface area contributed by atoms with Gasteiger partial charge in [0.1, 0.15) is 6.26 Å². The molecule has 3 heterocycles. The van der Waals surface area contributed by atoms with E-state index in [9.17, 15) is 4.79 Å². The maximum absolute atomic E-state index is 12.6. The van der Waals surface area contributed by atoms with Gasteiger partial charge in [-0.3, -0.25) is 19.6 Å². The summed E-state index contributed by atoms with van der Waals surface area (Å²) in [5.41, 5.74) is 2.19. The molecular weight excluding hydrogens is 474 g/mol. The zero-order chi connectivity index (χ0) is 25.9. The van der Waals surface area contributed by atoms with Crippen molar-refractivity contribution >= 4 is 5.91 Å². The molecule has 0 atom stereocenters. The highest BCUT2D eigenvalue weighted by atomic mass is 16.5. The number of hydrogen-bond donors (Lipinski definition) is 1. The SMILES string of the molecule is COc1cccc(CN(CCN2CCOCC2)Cc2nc(C(=O)NCCc3ccccn3)co2)c1OC. The normalized spacial score (nSPS) is 14.0. The Balaban J connectivity index is 1.39. The van der Waals surface area contributed by atoms with Crippen LogP contribution in [0.5, 0.6) is 11.5 Å². The Kier molecular flexibility index (Phi) is 9.87. The predicted octanol–water partition coefficient (Wildman–Crippen LogP) is 2.39. The topological polar surface area (TPSA) is 102 Å². The number of benzene rings is 1. The lowest BCUT2D eigenvalue weighted by Crippen LogP contribution is -2.41. The minimum atomic E-state index is -0.264. The summed E-state index contributed by atoms with van der Waals surface area (Å²) in [6, 6.07) is 11.6. The predicted molar refractivity (Wildman–Crippen MR) is 138 cm³/mol. The van der Waals surface area contributed by atoms with E-state index in [2.05, 4.69) is 25.1 Å². The number of nitrogens with one attached hydrogen (secondary N) is 1. The van der Waals surface area contributed by atoms with Gasteiger partial charge in [-0.25, -0.2) is 4.98 Å². The lowest BCUT2D eigenvalue weighted by Gasteiger charge is -2.30. The summed E-state index contributed by atoms with van der Waals surface area (Å²) < 4.78 is 22.3. The third-order valence-corrected chi connectivity index (χ3v) is 6.25. The number of methoxy groups -OCH3 is 2. The standard InChI is InChI=1S/C27H35N5O5/c1-34-24-8-5-6-21(26(24)35-2)18-32(13-12-31-14-16-36-17-15-31)19-25-30-23(20-37-25)27(33)29-11-9-22-7-3-4-10-28-22/h3-8,10,20H,9,11-19H2,1-2H3,(H,29,33). The molecule has 0 aliphatic carbocycles. The zero-order valence-corrected chi connectivity index (χ0v) is 21.5. The van der Waals surface area contributed by atoms with Gasteiger partial charge >= 0.3 is 0 Å². The van der Waals surface area contributed by atoms with Crippen LogP contribution in [-0.4, -0.2) is 85.8 Å². The van der Waals surface area contributed by atoms with Gasteiger partial charge in [-0.2, -0.15) is 0 Å². The van der Waals surface area contributed by atoms with Crippen molar-refractivity contribution in [1.29, 1.82) is 0 Å². The van der Waals surface area contributed by atoms with Crippen LogP contribution in [0, 0.1) is 0 Å². The average molecular weight is 510 g/mol. The monoisotopic (exact) mass is 509 g/mol. The second-order valence-corrected chi connectivity index (χ2v) is 8.77. The molecule has 0 radical (unpaired) electrons. The third kappa shape index (κ3) is 7.75. The molecule has 198 valence electrons. The summed E-state index contributed by atoms with van der Waals surface area (Å²) in [4.78, 5) is 26.0. The van der Waals surface area contributed by atoms with Crippen molar-refractivity contribution in [2.75, 3.05) is 60.2 Å². The second-order valence-electron chi connectivity index (χ2n) is 8.77. The summed E-state index contributed by atoms with van der Waals surface area (Å²) in [5.74, 6) is 1.62. The van der Waals surface area contributed by atoms with E-state index in [0.29, 0.717) is 43.4 Å². The van der Waals surface area contributed by atoms with E-state index in [1.165, 1.54) is 6.26 Å². The first-order valence-electron chi connectivity index (χ1n) is 12.5. The van der Waals surface area contributed by atoms with E-state index < -0.39 is 0 Å². The first-order valence-corrected chi connectivity index (χ1v) is 12.5. The molecule has 10 nitrogen and oxygen atoms in total. The molecule has 0 spiro atoms. The van der Waals surface area contributed by atoms with Gasteiger partial charge in [-0.05, 0) is 18.2 Å². The number of para-hydroxylation sites is 1. The Morgan fingerprint density at radius 1 is 1.11 bits per heavy atom. The Morgan fingerprint density at radius 3 is 2.73 bits per heavy atom. The first kappa shape index (κ1) is 26.6. The fourth-order valence-corrected chi connectivity index (χ4v) is 4.26. The van der Waals surface area contributed by atoms with Gasteiger partial charge in [0.2, 0.25) is 5.89 Å². The third-order valence-electron chi connectivity index (χ3n) is 6.25. The minimum Gasteiger partial charge on any atom is -0.493 e. The fourth-order valence-electron chi connectivity index (χ4n) is 4.26. The molecule has 0 unspecified atom stereocenters. The highest BCUT2D eigenvalue weighted by Gasteiger charge is 2.19. The smallest absolute Gasteiger partial charge is 0.273 e. The molecule has 1 aliphatic rings. The van der Waals surface area contributed by atoms with E-state index in [1.54, 1.807) is 20.4 Å². The minimum absolute atomic E-state index is 0.264. The van der Waals surface area contributed by atoms with Gasteiger partial charge in [0.25, 0.3) is 5.91 Å². The highest BCUT2D eigenvalue weighted by molar-refractivity contribution is 5.91. The zero-order valence-electron chi connectivity index (χ0n) is 21.5. The molecule has 1 amide bonds. The molecule has 1 fully saturated rings. The molecule has 1 aliphatic heterocycles. The van der Waals surface area contributed by atoms with Gasteiger partial charge < -0.3 is 23.9 Å². The number of pyridine rings is 1. The Labute approximate surface area is 217 Å². The van der Waals surface area contributed by atoms with Crippen molar-refractivity contribution in [3.63, 3.8) is 0 Å². The number of carbonyl (C=O) groups is 1. The van der Waals surface area contributed by atoms with Crippen molar-refractivity contribution < 1.29 is 23.4 Å². The number of amides is 1. The number of ether oxygens (including phenoxy) is 3. The van der Waals surface area contributed by atoms with Crippen molar-refractivity contribution in [3.05, 3.63) is 71.7 Å². The second kappa shape index (κ2) is 13.7.